The zero-order valence-electron chi connectivity index (χ0n) is 13.2. The molecule has 0 aromatic carbocycles. The first kappa shape index (κ1) is 19.7. The highest BCUT2D eigenvalue weighted by atomic mass is 17.1. The summed E-state index contributed by atoms with van der Waals surface area (Å²) in [7, 11) is 4.42. The zero-order chi connectivity index (χ0) is 15.8. The highest BCUT2D eigenvalue weighted by Crippen LogP contribution is 2.25. The molecule has 122 valence electrons. The van der Waals surface area contributed by atoms with Gasteiger partial charge in [-0.15, -0.1) is 0 Å². The Morgan fingerprint density at radius 3 is 1.15 bits per heavy atom. The molecule has 0 aromatic heterocycles. The molecular weight excluding hydrogens is 270 g/mol. The number of hydrogen-bond donors (Lipinski definition) is 1. The minimum atomic E-state index is -1.91. The Morgan fingerprint density at radius 1 is 0.650 bits per heavy atom. The van der Waals surface area contributed by atoms with Crippen molar-refractivity contribution in [3.8, 4) is 0 Å². The summed E-state index contributed by atoms with van der Waals surface area (Å²) < 4.78 is 37.1. The SMILES string of the molecule is COC(C)OC(OC(C)N)(OC(C)OC)OC(C)OC. The van der Waals surface area contributed by atoms with Crippen LogP contribution in [0.25, 0.3) is 0 Å². The van der Waals surface area contributed by atoms with Crippen molar-refractivity contribution in [3.05, 3.63) is 0 Å². The molecule has 8 nitrogen and oxygen atoms in total. The van der Waals surface area contributed by atoms with Crippen LogP contribution in [0, 0.1) is 0 Å². The molecule has 0 aliphatic rings. The van der Waals surface area contributed by atoms with Crippen LogP contribution in [-0.4, -0.2) is 52.6 Å². The van der Waals surface area contributed by atoms with Crippen LogP contribution in [0.2, 0.25) is 0 Å². The first-order valence-electron chi connectivity index (χ1n) is 6.33. The minimum absolute atomic E-state index is 0.665. The molecule has 0 aliphatic carbocycles. The van der Waals surface area contributed by atoms with Gasteiger partial charge in [0.2, 0.25) is 0 Å². The second-order valence-corrected chi connectivity index (χ2v) is 4.09. The van der Waals surface area contributed by atoms with E-state index in [0.29, 0.717) is 0 Å². The Kier molecular flexibility index (Phi) is 9.43. The van der Waals surface area contributed by atoms with Gasteiger partial charge in [0.25, 0.3) is 0 Å². The van der Waals surface area contributed by atoms with E-state index in [1.165, 1.54) is 21.3 Å². The predicted octanol–water partition coefficient (Wildman–Crippen LogP) is 0.946. The second-order valence-electron chi connectivity index (χ2n) is 4.09. The van der Waals surface area contributed by atoms with Gasteiger partial charge in [-0.1, -0.05) is 0 Å². The summed E-state index contributed by atoms with van der Waals surface area (Å²) in [5.41, 5.74) is 5.65. The van der Waals surface area contributed by atoms with E-state index in [0.717, 1.165) is 0 Å². The molecule has 0 aliphatic heterocycles. The van der Waals surface area contributed by atoms with Gasteiger partial charge in [0.15, 0.2) is 18.9 Å². The van der Waals surface area contributed by atoms with E-state index in [4.69, 9.17) is 38.9 Å². The van der Waals surface area contributed by atoms with Gasteiger partial charge < -0.3 is 19.9 Å². The summed E-state index contributed by atoms with van der Waals surface area (Å²) in [6, 6.07) is 0. The van der Waals surface area contributed by atoms with Gasteiger partial charge in [-0.3, -0.25) is 18.9 Å². The summed E-state index contributed by atoms with van der Waals surface area (Å²) in [4.78, 5) is 0. The Morgan fingerprint density at radius 2 is 0.950 bits per heavy atom. The van der Waals surface area contributed by atoms with Crippen molar-refractivity contribution >= 4 is 0 Å². The van der Waals surface area contributed by atoms with Crippen molar-refractivity contribution in [2.45, 2.75) is 59.0 Å². The van der Waals surface area contributed by atoms with Gasteiger partial charge in [0.05, 0.1) is 0 Å². The minimum Gasteiger partial charge on any atom is -0.356 e. The largest absolute Gasteiger partial charge is 0.420 e. The fraction of sp³-hybridized carbons (Fsp3) is 1.00. The smallest absolute Gasteiger partial charge is 0.356 e. The van der Waals surface area contributed by atoms with Gasteiger partial charge in [0, 0.05) is 21.3 Å². The van der Waals surface area contributed by atoms with Crippen LogP contribution < -0.4 is 5.73 Å². The number of nitrogens with two attached hydrogens (primary N) is 1. The van der Waals surface area contributed by atoms with Gasteiger partial charge in [-0.2, -0.15) is 0 Å². The monoisotopic (exact) mass is 297 g/mol. The molecule has 0 fully saturated rings. The number of methoxy groups -OCH3 is 3. The molecule has 4 unspecified atom stereocenters. The van der Waals surface area contributed by atoms with E-state index in [2.05, 4.69) is 0 Å². The average Bonchev–Trinajstić information content (AvgIpc) is 2.36. The average molecular weight is 297 g/mol. The molecule has 0 radical (unpaired) electrons. The third kappa shape index (κ3) is 7.46. The Labute approximate surface area is 120 Å². The lowest BCUT2D eigenvalue weighted by molar-refractivity contribution is -0.561. The molecule has 0 aromatic rings. The van der Waals surface area contributed by atoms with Crippen LogP contribution in [0.5, 0.6) is 0 Å². The molecule has 0 spiro atoms. The van der Waals surface area contributed by atoms with Crippen molar-refractivity contribution in [2.24, 2.45) is 5.73 Å². The summed E-state index contributed by atoms with van der Waals surface area (Å²) >= 11 is 0. The number of hydrogen-bond acceptors (Lipinski definition) is 8. The first-order valence-corrected chi connectivity index (χ1v) is 6.33. The van der Waals surface area contributed by atoms with Crippen LogP contribution >= 0.6 is 0 Å². The fourth-order valence-electron chi connectivity index (χ4n) is 1.15. The first-order chi connectivity index (χ1) is 9.28. The molecule has 0 saturated heterocycles. The number of ether oxygens (including phenoxy) is 7. The Hall–Kier alpha value is -0.320. The highest BCUT2D eigenvalue weighted by Gasteiger charge is 2.43. The van der Waals surface area contributed by atoms with Crippen molar-refractivity contribution in [1.82, 2.24) is 0 Å². The quantitative estimate of drug-likeness (QED) is 0.564. The maximum absolute atomic E-state index is 5.65. The topological polar surface area (TPSA) is 90.6 Å². The van der Waals surface area contributed by atoms with Crippen LogP contribution in [0.15, 0.2) is 0 Å². The van der Waals surface area contributed by atoms with E-state index in [9.17, 15) is 0 Å². The molecular formula is C12H27NO7. The molecule has 0 amide bonds. The van der Waals surface area contributed by atoms with Crippen LogP contribution in [0.1, 0.15) is 27.7 Å². The van der Waals surface area contributed by atoms with Gasteiger partial charge in [-0.25, -0.2) is 0 Å². The summed E-state index contributed by atoms with van der Waals surface area (Å²) in [6.07, 6.45) is -4.62. The Bertz CT molecular complexity index is 221. The standard InChI is InChI=1S/C12H27NO7/c1-8(13)17-12(18-9(2)14-5,19-10(3)15-6)20-11(4)16-7/h8-11H,13H2,1-7H3. The van der Waals surface area contributed by atoms with Gasteiger partial charge in [-0.05, 0) is 27.7 Å². The molecule has 0 bridgehead atoms. The van der Waals surface area contributed by atoms with Gasteiger partial charge in [0.1, 0.15) is 6.23 Å². The maximum Gasteiger partial charge on any atom is 0.420 e. The molecule has 20 heavy (non-hydrogen) atoms. The second kappa shape index (κ2) is 9.59. The molecule has 0 heterocycles. The van der Waals surface area contributed by atoms with E-state index in [1.54, 1.807) is 27.7 Å². The normalized spacial score (nSPS) is 21.0. The third-order valence-corrected chi connectivity index (χ3v) is 2.26. The van der Waals surface area contributed by atoms with E-state index in [-0.39, 0.29) is 0 Å². The Balaban J connectivity index is 5.14. The summed E-state index contributed by atoms with van der Waals surface area (Å²) in [5, 5.41) is 0. The summed E-state index contributed by atoms with van der Waals surface area (Å²) in [6.45, 7) is 6.57. The van der Waals surface area contributed by atoms with Crippen molar-refractivity contribution < 1.29 is 33.2 Å². The highest BCUT2D eigenvalue weighted by molar-refractivity contribution is 4.50. The molecule has 8 heteroatoms. The predicted molar refractivity (Wildman–Crippen MR) is 70.1 cm³/mol. The summed E-state index contributed by atoms with van der Waals surface area (Å²) in [5.74, 6) is 0. The maximum atomic E-state index is 5.65. The van der Waals surface area contributed by atoms with E-state index < -0.39 is 31.3 Å². The lowest BCUT2D eigenvalue weighted by atomic mass is 10.6. The number of rotatable bonds is 11. The third-order valence-electron chi connectivity index (χ3n) is 2.26. The lowest BCUT2D eigenvalue weighted by Gasteiger charge is -2.37. The lowest BCUT2D eigenvalue weighted by Crippen LogP contribution is -2.52. The molecule has 0 rings (SSSR count). The van der Waals surface area contributed by atoms with E-state index >= 15 is 0 Å². The van der Waals surface area contributed by atoms with Crippen LogP contribution in [0.4, 0.5) is 0 Å². The molecule has 4 atom stereocenters. The van der Waals surface area contributed by atoms with Crippen molar-refractivity contribution in [2.75, 3.05) is 21.3 Å². The van der Waals surface area contributed by atoms with Crippen molar-refractivity contribution in [1.29, 1.82) is 0 Å². The molecule has 2 N–H and O–H groups in total. The van der Waals surface area contributed by atoms with E-state index in [1.807, 2.05) is 0 Å². The zero-order valence-corrected chi connectivity index (χ0v) is 13.2. The molecule has 0 saturated carbocycles. The van der Waals surface area contributed by atoms with Crippen LogP contribution in [-0.2, 0) is 33.2 Å². The van der Waals surface area contributed by atoms with Crippen LogP contribution in [0.3, 0.4) is 0 Å². The van der Waals surface area contributed by atoms with Gasteiger partial charge >= 0.3 is 6.16 Å². The fourth-order valence-corrected chi connectivity index (χ4v) is 1.15. The van der Waals surface area contributed by atoms with Crippen molar-refractivity contribution in [3.63, 3.8) is 0 Å².